The normalized spacial score (nSPS) is 21.9. The van der Waals surface area contributed by atoms with E-state index in [1.165, 1.54) is 0 Å². The zero-order valence-corrected chi connectivity index (χ0v) is 17.5. The highest BCUT2D eigenvalue weighted by molar-refractivity contribution is 6.09. The fourth-order valence-corrected chi connectivity index (χ4v) is 4.70. The fraction of sp³-hybridized carbons (Fsp3) is 0.231. The molecule has 156 valence electrons. The SMILES string of the molecule is CC1(C)C=C2Nc3ccccc3N(C(=O)c3ccccc3)C(c3ccco3)C2C(=O)C1. The Kier molecular flexibility index (Phi) is 4.54. The van der Waals surface area contributed by atoms with Crippen LogP contribution in [0.3, 0.4) is 0 Å². The van der Waals surface area contributed by atoms with Crippen molar-refractivity contribution in [3.05, 3.63) is 96.1 Å². The molecule has 2 aliphatic rings. The van der Waals surface area contributed by atoms with E-state index in [1.54, 1.807) is 29.4 Å². The fourth-order valence-electron chi connectivity index (χ4n) is 4.70. The smallest absolute Gasteiger partial charge is 0.259 e. The minimum Gasteiger partial charge on any atom is -0.467 e. The van der Waals surface area contributed by atoms with Gasteiger partial charge in [-0.05, 0) is 41.8 Å². The van der Waals surface area contributed by atoms with Crippen molar-refractivity contribution in [2.24, 2.45) is 11.3 Å². The van der Waals surface area contributed by atoms with E-state index >= 15 is 0 Å². The zero-order chi connectivity index (χ0) is 21.6. The largest absolute Gasteiger partial charge is 0.467 e. The molecule has 0 spiro atoms. The standard InChI is InChI=1S/C26H24N2O3/c1-26(2)15-19-23(21(29)16-26)24(22-13-8-14-31-22)28(20-12-7-6-11-18(20)27-19)25(30)17-9-4-3-5-10-17/h3-15,23-24,27H,16H2,1-2H3. The molecule has 1 amide bonds. The maximum atomic E-state index is 13.9. The van der Waals surface area contributed by atoms with Crippen LogP contribution < -0.4 is 10.2 Å². The Morgan fingerprint density at radius 1 is 1.03 bits per heavy atom. The topological polar surface area (TPSA) is 62.6 Å². The van der Waals surface area contributed by atoms with Crippen LogP contribution in [0.2, 0.25) is 0 Å². The molecule has 0 radical (unpaired) electrons. The Morgan fingerprint density at radius 3 is 2.52 bits per heavy atom. The second kappa shape index (κ2) is 7.27. The summed E-state index contributed by atoms with van der Waals surface area (Å²) in [5.74, 6) is -0.0313. The van der Waals surface area contributed by atoms with E-state index in [9.17, 15) is 9.59 Å². The average molecular weight is 412 g/mol. The molecule has 0 saturated heterocycles. The van der Waals surface area contributed by atoms with Crippen molar-refractivity contribution in [3.63, 3.8) is 0 Å². The van der Waals surface area contributed by atoms with Crippen molar-refractivity contribution < 1.29 is 14.0 Å². The minimum absolute atomic E-state index is 0.0927. The van der Waals surface area contributed by atoms with Gasteiger partial charge in [-0.25, -0.2) is 0 Å². The first-order valence-corrected chi connectivity index (χ1v) is 10.5. The molecule has 5 rings (SSSR count). The zero-order valence-electron chi connectivity index (χ0n) is 17.5. The Labute approximate surface area is 181 Å². The monoisotopic (exact) mass is 412 g/mol. The third kappa shape index (κ3) is 3.36. The van der Waals surface area contributed by atoms with Crippen molar-refractivity contribution in [1.82, 2.24) is 0 Å². The summed E-state index contributed by atoms with van der Waals surface area (Å²) >= 11 is 0. The Bertz CT molecular complexity index is 1160. The molecule has 2 aromatic carbocycles. The highest BCUT2D eigenvalue weighted by atomic mass is 16.3. The van der Waals surface area contributed by atoms with E-state index in [0.717, 1.165) is 17.1 Å². The molecule has 2 heterocycles. The van der Waals surface area contributed by atoms with Gasteiger partial charge in [-0.15, -0.1) is 0 Å². The van der Waals surface area contributed by atoms with Gasteiger partial charge in [-0.3, -0.25) is 14.5 Å². The Balaban J connectivity index is 1.77. The van der Waals surface area contributed by atoms with Gasteiger partial charge in [0.05, 0.1) is 23.6 Å². The summed E-state index contributed by atoms with van der Waals surface area (Å²) in [6, 6.07) is 19.9. The van der Waals surface area contributed by atoms with Crippen molar-refractivity contribution in [2.75, 3.05) is 10.2 Å². The van der Waals surface area contributed by atoms with E-state index in [1.807, 2.05) is 48.5 Å². The number of nitrogens with zero attached hydrogens (tertiary/aromatic N) is 1. The van der Waals surface area contributed by atoms with Crippen molar-refractivity contribution in [3.8, 4) is 0 Å². The molecule has 5 nitrogen and oxygen atoms in total. The summed E-state index contributed by atoms with van der Waals surface area (Å²) < 4.78 is 5.81. The van der Waals surface area contributed by atoms with Crippen LogP contribution in [-0.2, 0) is 4.79 Å². The van der Waals surface area contributed by atoms with Gasteiger partial charge in [0.15, 0.2) is 0 Å². The molecular weight excluding hydrogens is 388 g/mol. The number of benzene rings is 2. The molecule has 2 atom stereocenters. The number of hydrogen-bond acceptors (Lipinski definition) is 4. The van der Waals surface area contributed by atoms with Crippen LogP contribution >= 0.6 is 0 Å². The van der Waals surface area contributed by atoms with Gasteiger partial charge in [-0.1, -0.05) is 50.3 Å². The van der Waals surface area contributed by atoms with Crippen LogP contribution in [0.4, 0.5) is 11.4 Å². The molecule has 5 heteroatoms. The van der Waals surface area contributed by atoms with Crippen molar-refractivity contribution in [2.45, 2.75) is 26.3 Å². The number of anilines is 2. The molecule has 31 heavy (non-hydrogen) atoms. The maximum Gasteiger partial charge on any atom is 0.259 e. The van der Waals surface area contributed by atoms with Gasteiger partial charge in [0.2, 0.25) is 0 Å². The number of fused-ring (bicyclic) bond motifs is 2. The summed E-state index contributed by atoms with van der Waals surface area (Å²) in [7, 11) is 0. The third-order valence-electron chi connectivity index (χ3n) is 5.97. The van der Waals surface area contributed by atoms with Gasteiger partial charge < -0.3 is 9.73 Å². The second-order valence-corrected chi connectivity index (χ2v) is 8.85. The molecule has 2 unspecified atom stereocenters. The number of furan rings is 1. The summed E-state index contributed by atoms with van der Waals surface area (Å²) in [6.45, 7) is 4.11. The van der Waals surface area contributed by atoms with Crippen LogP contribution in [0.25, 0.3) is 0 Å². The molecule has 1 aromatic heterocycles. The van der Waals surface area contributed by atoms with Crippen LogP contribution in [0.15, 0.2) is 89.2 Å². The Hall–Kier alpha value is -3.60. The number of hydrogen-bond donors (Lipinski definition) is 1. The molecule has 0 fully saturated rings. The van der Waals surface area contributed by atoms with Crippen molar-refractivity contribution >= 4 is 23.1 Å². The summed E-state index contributed by atoms with van der Waals surface area (Å²) in [4.78, 5) is 29.1. The number of Topliss-reactive ketones (excluding diaryl/α,β-unsaturated/α-hetero) is 1. The summed E-state index contributed by atoms with van der Waals surface area (Å²) in [5, 5.41) is 3.48. The maximum absolute atomic E-state index is 13.9. The van der Waals surface area contributed by atoms with Gasteiger partial charge in [0.1, 0.15) is 17.6 Å². The van der Waals surface area contributed by atoms with Gasteiger partial charge >= 0.3 is 0 Å². The molecule has 1 aliphatic carbocycles. The lowest BCUT2D eigenvalue weighted by atomic mass is 9.73. The highest BCUT2D eigenvalue weighted by Gasteiger charge is 2.47. The minimum atomic E-state index is -0.589. The van der Waals surface area contributed by atoms with Crippen LogP contribution in [0.5, 0.6) is 0 Å². The lowest BCUT2D eigenvalue weighted by molar-refractivity contribution is -0.124. The lowest BCUT2D eigenvalue weighted by Crippen LogP contribution is -2.43. The van der Waals surface area contributed by atoms with E-state index in [0.29, 0.717) is 17.7 Å². The van der Waals surface area contributed by atoms with Gasteiger partial charge in [-0.2, -0.15) is 0 Å². The van der Waals surface area contributed by atoms with E-state index in [4.69, 9.17) is 4.42 Å². The summed E-state index contributed by atoms with van der Waals surface area (Å²) in [5.41, 5.74) is 2.63. The molecule has 0 bridgehead atoms. The third-order valence-corrected chi connectivity index (χ3v) is 5.97. The molecule has 1 aliphatic heterocycles. The van der Waals surface area contributed by atoms with E-state index in [-0.39, 0.29) is 17.1 Å². The number of carbonyl (C=O) groups is 2. The number of allylic oxidation sites excluding steroid dienone is 1. The van der Waals surface area contributed by atoms with Crippen molar-refractivity contribution in [1.29, 1.82) is 0 Å². The van der Waals surface area contributed by atoms with Crippen LogP contribution in [0.1, 0.15) is 42.4 Å². The summed E-state index contributed by atoms with van der Waals surface area (Å²) in [6.07, 6.45) is 4.12. The number of para-hydroxylation sites is 2. The molecule has 0 saturated carbocycles. The van der Waals surface area contributed by atoms with Crippen LogP contribution in [-0.4, -0.2) is 11.7 Å². The number of ketones is 1. The predicted molar refractivity (Wildman–Crippen MR) is 120 cm³/mol. The first kappa shape index (κ1) is 19.4. The first-order chi connectivity index (χ1) is 14.9. The van der Waals surface area contributed by atoms with E-state index < -0.39 is 12.0 Å². The molecule has 1 N–H and O–H groups in total. The van der Waals surface area contributed by atoms with Gasteiger partial charge in [0, 0.05) is 17.7 Å². The number of amides is 1. The quantitative estimate of drug-likeness (QED) is 0.596. The number of nitrogens with one attached hydrogen (secondary N) is 1. The molecular formula is C26H24N2O3. The first-order valence-electron chi connectivity index (χ1n) is 10.5. The van der Waals surface area contributed by atoms with Gasteiger partial charge in [0.25, 0.3) is 5.91 Å². The van der Waals surface area contributed by atoms with Crippen LogP contribution in [0, 0.1) is 11.3 Å². The molecule has 3 aromatic rings. The highest BCUT2D eigenvalue weighted by Crippen LogP contribution is 2.48. The predicted octanol–water partition coefficient (Wildman–Crippen LogP) is 5.59. The number of rotatable bonds is 2. The average Bonchev–Trinajstić information content (AvgIpc) is 3.23. The number of carbonyl (C=O) groups excluding carboxylic acids is 2. The van der Waals surface area contributed by atoms with E-state index in [2.05, 4.69) is 25.2 Å². The Morgan fingerprint density at radius 2 is 1.77 bits per heavy atom. The lowest BCUT2D eigenvalue weighted by Gasteiger charge is -2.38. The second-order valence-electron chi connectivity index (χ2n) is 8.85.